The van der Waals surface area contributed by atoms with Crippen molar-refractivity contribution in [2.45, 2.75) is 44.2 Å². The summed E-state index contributed by atoms with van der Waals surface area (Å²) in [6.45, 7) is 0.949. The van der Waals surface area contributed by atoms with Gasteiger partial charge in [0.05, 0.1) is 11.7 Å². The first-order valence-corrected chi connectivity index (χ1v) is 8.64. The molecule has 1 aromatic carbocycles. The average Bonchev–Trinajstić information content (AvgIpc) is 2.88. The summed E-state index contributed by atoms with van der Waals surface area (Å²) >= 11 is 0. The molecule has 1 saturated heterocycles. The summed E-state index contributed by atoms with van der Waals surface area (Å²) in [6.07, 6.45) is 6.46. The van der Waals surface area contributed by atoms with Crippen LogP contribution in [0.4, 0.5) is 5.82 Å². The standard InChI is InChI=1S/C20H23N3O/c21-14-16-10-11-20(22-15-16)23-12-6-2-5-9-18(23)13-19(24)17-7-3-1-4-8-17/h1,3-4,7-8,10-11,15,18-19,24H,2,5-6,9,12-13H2/t18-,19+/m1/s1. The molecule has 4 nitrogen and oxygen atoms in total. The van der Waals surface area contributed by atoms with Gasteiger partial charge in [-0.1, -0.05) is 43.2 Å². The minimum Gasteiger partial charge on any atom is -0.388 e. The van der Waals surface area contributed by atoms with Gasteiger partial charge in [-0.25, -0.2) is 4.98 Å². The van der Waals surface area contributed by atoms with Gasteiger partial charge in [-0.3, -0.25) is 0 Å². The lowest BCUT2D eigenvalue weighted by Gasteiger charge is -2.32. The molecule has 0 spiro atoms. The van der Waals surface area contributed by atoms with Crippen molar-refractivity contribution in [2.75, 3.05) is 11.4 Å². The summed E-state index contributed by atoms with van der Waals surface area (Å²) in [5, 5.41) is 19.6. The number of nitrogens with zero attached hydrogens (tertiary/aromatic N) is 3. The van der Waals surface area contributed by atoms with E-state index in [1.54, 1.807) is 6.20 Å². The summed E-state index contributed by atoms with van der Waals surface area (Å²) in [6, 6.07) is 16.0. The van der Waals surface area contributed by atoms with Crippen molar-refractivity contribution in [1.29, 1.82) is 5.26 Å². The van der Waals surface area contributed by atoms with Gasteiger partial charge >= 0.3 is 0 Å². The molecule has 2 aromatic rings. The van der Waals surface area contributed by atoms with Gasteiger partial charge in [-0.2, -0.15) is 5.26 Å². The Balaban J connectivity index is 1.78. The third kappa shape index (κ3) is 3.93. The quantitative estimate of drug-likeness (QED) is 0.930. The summed E-state index contributed by atoms with van der Waals surface area (Å²) < 4.78 is 0. The molecule has 0 aliphatic carbocycles. The van der Waals surface area contributed by atoms with Gasteiger partial charge in [0, 0.05) is 18.8 Å². The van der Waals surface area contributed by atoms with E-state index in [0.717, 1.165) is 30.8 Å². The van der Waals surface area contributed by atoms with Crippen LogP contribution >= 0.6 is 0 Å². The Bertz CT molecular complexity index is 678. The predicted octanol–water partition coefficient (Wildman–Crippen LogP) is 3.83. The van der Waals surface area contributed by atoms with Crippen molar-refractivity contribution >= 4 is 5.82 Å². The van der Waals surface area contributed by atoms with Crippen molar-refractivity contribution in [3.05, 3.63) is 59.8 Å². The Kier molecular flexibility index (Phi) is 5.45. The largest absolute Gasteiger partial charge is 0.388 e. The zero-order chi connectivity index (χ0) is 16.8. The maximum Gasteiger partial charge on any atom is 0.128 e. The first-order valence-electron chi connectivity index (χ1n) is 8.64. The SMILES string of the molecule is N#Cc1ccc(N2CCCCC[C@@H]2C[C@H](O)c2ccccc2)nc1. The fourth-order valence-corrected chi connectivity index (χ4v) is 3.42. The highest BCUT2D eigenvalue weighted by molar-refractivity contribution is 5.43. The fraction of sp³-hybridized carbons (Fsp3) is 0.400. The normalized spacial score (nSPS) is 19.3. The van der Waals surface area contributed by atoms with Crippen LogP contribution in [0.15, 0.2) is 48.7 Å². The maximum atomic E-state index is 10.6. The van der Waals surface area contributed by atoms with Crippen LogP contribution in [0.5, 0.6) is 0 Å². The van der Waals surface area contributed by atoms with Crippen molar-refractivity contribution in [3.63, 3.8) is 0 Å². The molecule has 1 aliphatic heterocycles. The lowest BCUT2D eigenvalue weighted by atomic mass is 9.98. The minimum absolute atomic E-state index is 0.267. The highest BCUT2D eigenvalue weighted by Gasteiger charge is 2.25. The zero-order valence-corrected chi connectivity index (χ0v) is 13.8. The Morgan fingerprint density at radius 2 is 2.00 bits per heavy atom. The van der Waals surface area contributed by atoms with E-state index < -0.39 is 6.10 Å². The zero-order valence-electron chi connectivity index (χ0n) is 13.8. The lowest BCUT2D eigenvalue weighted by molar-refractivity contribution is 0.155. The number of hydrogen-bond acceptors (Lipinski definition) is 4. The Morgan fingerprint density at radius 3 is 2.71 bits per heavy atom. The highest BCUT2D eigenvalue weighted by Crippen LogP contribution is 2.29. The van der Waals surface area contributed by atoms with Gasteiger partial charge < -0.3 is 10.0 Å². The topological polar surface area (TPSA) is 60.2 Å². The number of rotatable bonds is 4. The molecule has 2 heterocycles. The van der Waals surface area contributed by atoms with Gasteiger partial charge in [0.15, 0.2) is 0 Å². The summed E-state index contributed by atoms with van der Waals surface area (Å²) in [5.41, 5.74) is 1.55. The number of aliphatic hydroxyl groups is 1. The Morgan fingerprint density at radius 1 is 1.17 bits per heavy atom. The number of benzene rings is 1. The van der Waals surface area contributed by atoms with Crippen LogP contribution in [0.1, 0.15) is 49.3 Å². The summed E-state index contributed by atoms with van der Waals surface area (Å²) in [4.78, 5) is 6.77. The van der Waals surface area contributed by atoms with E-state index in [2.05, 4.69) is 16.0 Å². The number of aromatic nitrogens is 1. The second-order valence-electron chi connectivity index (χ2n) is 6.38. The van der Waals surface area contributed by atoms with E-state index in [4.69, 9.17) is 5.26 Å². The van der Waals surface area contributed by atoms with Crippen LogP contribution in [0.25, 0.3) is 0 Å². The molecule has 0 radical (unpaired) electrons. The van der Waals surface area contributed by atoms with Crippen LogP contribution in [-0.4, -0.2) is 22.7 Å². The first kappa shape index (κ1) is 16.5. The second-order valence-corrected chi connectivity index (χ2v) is 6.38. The van der Waals surface area contributed by atoms with E-state index in [9.17, 15) is 5.11 Å². The van der Waals surface area contributed by atoms with E-state index >= 15 is 0 Å². The van der Waals surface area contributed by atoms with Crippen LogP contribution < -0.4 is 4.90 Å². The molecule has 3 rings (SSSR count). The van der Waals surface area contributed by atoms with E-state index in [-0.39, 0.29) is 6.04 Å². The third-order valence-electron chi connectivity index (χ3n) is 4.73. The Hall–Kier alpha value is -2.38. The van der Waals surface area contributed by atoms with Gasteiger partial charge in [0.25, 0.3) is 0 Å². The van der Waals surface area contributed by atoms with Crippen molar-refractivity contribution < 1.29 is 5.11 Å². The summed E-state index contributed by atoms with van der Waals surface area (Å²) in [7, 11) is 0. The minimum atomic E-state index is -0.463. The van der Waals surface area contributed by atoms with E-state index in [1.165, 1.54) is 12.8 Å². The Labute approximate surface area is 143 Å². The average molecular weight is 321 g/mol. The number of aliphatic hydroxyl groups excluding tert-OH is 1. The molecule has 4 heteroatoms. The maximum absolute atomic E-state index is 10.6. The van der Waals surface area contributed by atoms with Crippen molar-refractivity contribution in [2.24, 2.45) is 0 Å². The predicted molar refractivity (Wildman–Crippen MR) is 94.6 cm³/mol. The van der Waals surface area contributed by atoms with Crippen LogP contribution in [0.3, 0.4) is 0 Å². The molecule has 1 aliphatic rings. The van der Waals surface area contributed by atoms with Crippen LogP contribution in [0, 0.1) is 11.3 Å². The smallest absolute Gasteiger partial charge is 0.128 e. The molecule has 2 atom stereocenters. The molecule has 0 bridgehead atoms. The second kappa shape index (κ2) is 7.94. The molecule has 0 amide bonds. The fourth-order valence-electron chi connectivity index (χ4n) is 3.42. The van der Waals surface area contributed by atoms with Crippen LogP contribution in [-0.2, 0) is 0 Å². The third-order valence-corrected chi connectivity index (χ3v) is 4.73. The molecule has 1 N–H and O–H groups in total. The number of pyridine rings is 1. The molecule has 0 unspecified atom stereocenters. The number of nitriles is 1. The molecule has 0 saturated carbocycles. The van der Waals surface area contributed by atoms with Gasteiger partial charge in [0.2, 0.25) is 0 Å². The van der Waals surface area contributed by atoms with Gasteiger partial charge in [0.1, 0.15) is 11.9 Å². The molecule has 124 valence electrons. The first-order chi connectivity index (χ1) is 11.8. The molecule has 24 heavy (non-hydrogen) atoms. The van der Waals surface area contributed by atoms with E-state index in [0.29, 0.717) is 12.0 Å². The monoisotopic (exact) mass is 321 g/mol. The van der Waals surface area contributed by atoms with Gasteiger partial charge in [-0.05, 0) is 37.0 Å². The highest BCUT2D eigenvalue weighted by atomic mass is 16.3. The lowest BCUT2D eigenvalue weighted by Crippen LogP contribution is -2.36. The summed E-state index contributed by atoms with van der Waals surface area (Å²) in [5.74, 6) is 0.904. The molecular formula is C20H23N3O. The van der Waals surface area contributed by atoms with Crippen LogP contribution in [0.2, 0.25) is 0 Å². The molecule has 1 fully saturated rings. The molecular weight excluding hydrogens is 298 g/mol. The van der Waals surface area contributed by atoms with Gasteiger partial charge in [-0.15, -0.1) is 0 Å². The van der Waals surface area contributed by atoms with E-state index in [1.807, 2.05) is 42.5 Å². The van der Waals surface area contributed by atoms with Crippen molar-refractivity contribution in [1.82, 2.24) is 4.98 Å². The number of hydrogen-bond donors (Lipinski definition) is 1. The number of anilines is 1. The molecule has 1 aromatic heterocycles. The van der Waals surface area contributed by atoms with Crippen molar-refractivity contribution in [3.8, 4) is 6.07 Å².